The minimum absolute atomic E-state index is 0.0351. The third kappa shape index (κ3) is 3.31. The molecule has 1 N–H and O–H groups in total. The largest absolute Gasteiger partial charge is 0.308 e. The zero-order chi connectivity index (χ0) is 14.5. The zero-order valence-electron chi connectivity index (χ0n) is 11.0. The molecule has 0 saturated carbocycles. The molecule has 0 fully saturated rings. The van der Waals surface area contributed by atoms with E-state index >= 15 is 0 Å². The molecule has 0 aliphatic carbocycles. The van der Waals surface area contributed by atoms with Crippen LogP contribution in [-0.2, 0) is 13.1 Å². The Morgan fingerprint density at radius 1 is 1.35 bits per heavy atom. The van der Waals surface area contributed by atoms with Crippen molar-refractivity contribution in [1.82, 2.24) is 10.3 Å². The van der Waals surface area contributed by atoms with Gasteiger partial charge in [0.05, 0.1) is 15.5 Å². The summed E-state index contributed by atoms with van der Waals surface area (Å²) in [7, 11) is 0. The number of nitro benzene ring substituents is 1. The Morgan fingerprint density at radius 2 is 2.15 bits per heavy atom. The standard InChI is InChI=1S/C14H14ClN3O2/c1-10-5-6-16-7-11(10)8-17-9-12-13(15)3-2-4-14(12)18(19)20/h2-7,17H,8-9H2,1H3. The number of aryl methyl sites for hydroxylation is 1. The molecule has 0 radical (unpaired) electrons. The van der Waals surface area contributed by atoms with Crippen LogP contribution in [0.3, 0.4) is 0 Å². The third-order valence-electron chi connectivity index (χ3n) is 3.06. The van der Waals surface area contributed by atoms with Crippen molar-refractivity contribution in [2.24, 2.45) is 0 Å². The summed E-state index contributed by atoms with van der Waals surface area (Å²) in [6.07, 6.45) is 3.51. The van der Waals surface area contributed by atoms with Gasteiger partial charge in [-0.1, -0.05) is 17.7 Å². The van der Waals surface area contributed by atoms with Crippen LogP contribution >= 0.6 is 11.6 Å². The molecule has 0 aliphatic rings. The van der Waals surface area contributed by atoms with E-state index in [0.29, 0.717) is 23.7 Å². The summed E-state index contributed by atoms with van der Waals surface area (Å²) in [5.74, 6) is 0. The lowest BCUT2D eigenvalue weighted by Gasteiger charge is -2.09. The van der Waals surface area contributed by atoms with Crippen LogP contribution < -0.4 is 5.32 Å². The number of nitro groups is 1. The fourth-order valence-electron chi connectivity index (χ4n) is 1.90. The van der Waals surface area contributed by atoms with Crippen LogP contribution in [0, 0.1) is 17.0 Å². The van der Waals surface area contributed by atoms with Gasteiger partial charge in [0.25, 0.3) is 5.69 Å². The molecule has 2 rings (SSSR count). The quantitative estimate of drug-likeness (QED) is 0.678. The van der Waals surface area contributed by atoms with Gasteiger partial charge in [-0.2, -0.15) is 0 Å². The smallest absolute Gasteiger partial charge is 0.275 e. The van der Waals surface area contributed by atoms with Gasteiger partial charge >= 0.3 is 0 Å². The first kappa shape index (κ1) is 14.4. The Balaban J connectivity index is 2.08. The molecule has 20 heavy (non-hydrogen) atoms. The lowest BCUT2D eigenvalue weighted by Crippen LogP contribution is -2.15. The number of halogens is 1. The van der Waals surface area contributed by atoms with Crippen LogP contribution in [0.2, 0.25) is 5.02 Å². The van der Waals surface area contributed by atoms with Gasteiger partial charge in [-0.3, -0.25) is 15.1 Å². The van der Waals surface area contributed by atoms with E-state index in [1.807, 2.05) is 13.0 Å². The molecule has 1 aromatic carbocycles. The van der Waals surface area contributed by atoms with Crippen molar-refractivity contribution in [3.8, 4) is 0 Å². The van der Waals surface area contributed by atoms with Gasteiger partial charge in [0, 0.05) is 31.5 Å². The number of hydrogen-bond acceptors (Lipinski definition) is 4. The minimum Gasteiger partial charge on any atom is -0.308 e. The molecule has 104 valence electrons. The van der Waals surface area contributed by atoms with E-state index in [1.165, 1.54) is 6.07 Å². The van der Waals surface area contributed by atoms with Crippen molar-refractivity contribution >= 4 is 17.3 Å². The molecule has 0 amide bonds. The van der Waals surface area contributed by atoms with E-state index in [9.17, 15) is 10.1 Å². The maximum Gasteiger partial charge on any atom is 0.275 e. The molecule has 5 nitrogen and oxygen atoms in total. The third-order valence-corrected chi connectivity index (χ3v) is 3.41. The van der Waals surface area contributed by atoms with Crippen molar-refractivity contribution in [1.29, 1.82) is 0 Å². The Kier molecular flexibility index (Phi) is 4.65. The van der Waals surface area contributed by atoms with E-state index in [4.69, 9.17) is 11.6 Å². The molecule has 2 aromatic rings. The van der Waals surface area contributed by atoms with Crippen molar-refractivity contribution in [3.05, 3.63) is 68.5 Å². The van der Waals surface area contributed by atoms with Crippen molar-refractivity contribution < 1.29 is 4.92 Å². The van der Waals surface area contributed by atoms with Gasteiger partial charge in [-0.05, 0) is 30.2 Å². The van der Waals surface area contributed by atoms with Crippen LogP contribution in [-0.4, -0.2) is 9.91 Å². The highest BCUT2D eigenvalue weighted by Gasteiger charge is 2.15. The fraction of sp³-hybridized carbons (Fsp3) is 0.214. The molecular formula is C14H14ClN3O2. The maximum absolute atomic E-state index is 11.0. The van der Waals surface area contributed by atoms with E-state index in [-0.39, 0.29) is 5.69 Å². The molecule has 0 atom stereocenters. The molecule has 0 spiro atoms. The van der Waals surface area contributed by atoms with Crippen molar-refractivity contribution in [3.63, 3.8) is 0 Å². The number of pyridine rings is 1. The monoisotopic (exact) mass is 291 g/mol. The predicted molar refractivity (Wildman–Crippen MR) is 77.6 cm³/mol. The second kappa shape index (κ2) is 6.45. The second-order valence-electron chi connectivity index (χ2n) is 4.40. The van der Waals surface area contributed by atoms with E-state index < -0.39 is 4.92 Å². The average molecular weight is 292 g/mol. The first-order valence-electron chi connectivity index (χ1n) is 6.11. The van der Waals surface area contributed by atoms with Crippen LogP contribution in [0.4, 0.5) is 5.69 Å². The Morgan fingerprint density at radius 3 is 2.85 bits per heavy atom. The topological polar surface area (TPSA) is 68.1 Å². The van der Waals surface area contributed by atoms with Gasteiger partial charge in [0.15, 0.2) is 0 Å². The number of hydrogen-bond donors (Lipinski definition) is 1. The molecule has 0 saturated heterocycles. The summed E-state index contributed by atoms with van der Waals surface area (Å²) in [4.78, 5) is 14.6. The van der Waals surface area contributed by atoms with Crippen LogP contribution in [0.1, 0.15) is 16.7 Å². The van der Waals surface area contributed by atoms with E-state index in [0.717, 1.165) is 11.1 Å². The Labute approximate surface area is 121 Å². The lowest BCUT2D eigenvalue weighted by molar-refractivity contribution is -0.385. The average Bonchev–Trinajstić information content (AvgIpc) is 2.42. The van der Waals surface area contributed by atoms with Gasteiger partial charge in [0.2, 0.25) is 0 Å². The Bertz CT molecular complexity index is 632. The van der Waals surface area contributed by atoms with Crippen molar-refractivity contribution in [2.75, 3.05) is 0 Å². The number of benzene rings is 1. The summed E-state index contributed by atoms with van der Waals surface area (Å²) >= 11 is 6.03. The van der Waals surface area contributed by atoms with Crippen LogP contribution in [0.5, 0.6) is 0 Å². The van der Waals surface area contributed by atoms with Gasteiger partial charge in [-0.25, -0.2) is 0 Å². The normalized spacial score (nSPS) is 10.5. The molecule has 6 heteroatoms. The lowest BCUT2D eigenvalue weighted by atomic mass is 10.1. The Hall–Kier alpha value is -1.98. The zero-order valence-corrected chi connectivity index (χ0v) is 11.7. The molecule has 1 aromatic heterocycles. The number of aromatic nitrogens is 1. The SMILES string of the molecule is Cc1ccncc1CNCc1c(Cl)cccc1[N+](=O)[O-]. The number of nitrogens with one attached hydrogen (secondary N) is 1. The highest BCUT2D eigenvalue weighted by molar-refractivity contribution is 6.31. The summed E-state index contributed by atoms with van der Waals surface area (Å²) in [6, 6.07) is 6.61. The molecule has 0 bridgehead atoms. The molecule has 0 unspecified atom stereocenters. The first-order chi connectivity index (χ1) is 9.59. The minimum atomic E-state index is -0.418. The summed E-state index contributed by atoms with van der Waals surface area (Å²) in [5.41, 5.74) is 2.72. The molecule has 0 aliphatic heterocycles. The van der Waals surface area contributed by atoms with Crippen LogP contribution in [0.15, 0.2) is 36.7 Å². The highest BCUT2D eigenvalue weighted by Crippen LogP contribution is 2.26. The van der Waals surface area contributed by atoms with E-state index in [1.54, 1.807) is 24.5 Å². The molecular weight excluding hydrogens is 278 g/mol. The number of rotatable bonds is 5. The second-order valence-corrected chi connectivity index (χ2v) is 4.81. The van der Waals surface area contributed by atoms with Crippen molar-refractivity contribution in [2.45, 2.75) is 20.0 Å². The molecule has 1 heterocycles. The highest BCUT2D eigenvalue weighted by atomic mass is 35.5. The maximum atomic E-state index is 11.0. The first-order valence-corrected chi connectivity index (χ1v) is 6.49. The fourth-order valence-corrected chi connectivity index (χ4v) is 2.13. The van der Waals surface area contributed by atoms with Gasteiger partial charge < -0.3 is 5.32 Å². The summed E-state index contributed by atoms with van der Waals surface area (Å²) in [6.45, 7) is 2.92. The summed E-state index contributed by atoms with van der Waals surface area (Å²) < 4.78 is 0. The predicted octanol–water partition coefficient (Wildman–Crippen LogP) is 3.24. The van der Waals surface area contributed by atoms with Gasteiger partial charge in [-0.15, -0.1) is 0 Å². The summed E-state index contributed by atoms with van der Waals surface area (Å²) in [5, 5.41) is 14.5. The van der Waals surface area contributed by atoms with E-state index in [2.05, 4.69) is 10.3 Å². The number of nitrogens with zero attached hydrogens (tertiary/aromatic N) is 2. The van der Waals surface area contributed by atoms with Gasteiger partial charge in [0.1, 0.15) is 0 Å². The van der Waals surface area contributed by atoms with Crippen LogP contribution in [0.25, 0.3) is 0 Å².